The van der Waals surface area contributed by atoms with Crippen LogP contribution in [0.2, 0.25) is 0 Å². The SMILES string of the molecule is Cc1cc(C)n(CCC(=O)N2CC(c3nc(C4CC4)nn3C)C2)n1. The largest absolute Gasteiger partial charge is 0.341 e. The average molecular weight is 328 g/mol. The van der Waals surface area contributed by atoms with Gasteiger partial charge in [0.05, 0.1) is 11.6 Å². The molecule has 7 heteroatoms. The van der Waals surface area contributed by atoms with Crippen molar-refractivity contribution in [3.8, 4) is 0 Å². The molecule has 128 valence electrons. The molecule has 2 aromatic heterocycles. The van der Waals surface area contributed by atoms with Gasteiger partial charge in [0.2, 0.25) is 5.91 Å². The molecule has 7 nitrogen and oxygen atoms in total. The van der Waals surface area contributed by atoms with Crippen LogP contribution in [0.25, 0.3) is 0 Å². The standard InChI is InChI=1S/C17H24N6O/c1-11-8-12(2)23(19-11)7-6-15(24)22-9-14(10-22)17-18-16(13-4-5-13)20-21(17)3/h8,13-14H,4-7,9-10H2,1-3H3. The molecule has 1 aliphatic carbocycles. The summed E-state index contributed by atoms with van der Waals surface area (Å²) < 4.78 is 3.81. The Hall–Kier alpha value is -2.18. The second-order valence-corrected chi connectivity index (χ2v) is 7.12. The normalized spacial score (nSPS) is 18.0. The Bertz CT molecular complexity index is 766. The summed E-state index contributed by atoms with van der Waals surface area (Å²) in [6.07, 6.45) is 2.93. The maximum atomic E-state index is 12.3. The summed E-state index contributed by atoms with van der Waals surface area (Å²) in [7, 11) is 1.96. The Morgan fingerprint density at radius 2 is 1.96 bits per heavy atom. The molecule has 0 radical (unpaired) electrons. The van der Waals surface area contributed by atoms with Crippen LogP contribution in [0.5, 0.6) is 0 Å². The van der Waals surface area contributed by atoms with Crippen LogP contribution in [0.15, 0.2) is 6.07 Å². The fourth-order valence-corrected chi connectivity index (χ4v) is 3.39. The van der Waals surface area contributed by atoms with Gasteiger partial charge in [-0.05, 0) is 32.8 Å². The Morgan fingerprint density at radius 3 is 2.58 bits per heavy atom. The first-order chi connectivity index (χ1) is 11.5. The number of carbonyl (C=O) groups is 1. The Balaban J connectivity index is 1.30. The van der Waals surface area contributed by atoms with Crippen molar-refractivity contribution >= 4 is 5.91 Å². The van der Waals surface area contributed by atoms with Gasteiger partial charge in [-0.2, -0.15) is 10.2 Å². The zero-order chi connectivity index (χ0) is 16.8. The second-order valence-electron chi connectivity index (χ2n) is 7.12. The molecule has 0 N–H and O–H groups in total. The number of nitrogens with zero attached hydrogens (tertiary/aromatic N) is 6. The van der Waals surface area contributed by atoms with E-state index in [0.29, 0.717) is 24.8 Å². The third-order valence-electron chi connectivity index (χ3n) is 5.00. The molecule has 0 bridgehead atoms. The molecule has 0 aromatic carbocycles. The smallest absolute Gasteiger partial charge is 0.224 e. The number of hydrogen-bond acceptors (Lipinski definition) is 4. The van der Waals surface area contributed by atoms with Crippen LogP contribution >= 0.6 is 0 Å². The van der Waals surface area contributed by atoms with Gasteiger partial charge in [-0.15, -0.1) is 0 Å². The summed E-state index contributed by atoms with van der Waals surface area (Å²) in [5.41, 5.74) is 2.10. The summed E-state index contributed by atoms with van der Waals surface area (Å²) in [6, 6.07) is 2.04. The number of aryl methyl sites for hydroxylation is 4. The van der Waals surface area contributed by atoms with Crippen molar-refractivity contribution in [3.63, 3.8) is 0 Å². The minimum absolute atomic E-state index is 0.198. The molecular formula is C17H24N6O. The summed E-state index contributed by atoms with van der Waals surface area (Å²) in [5, 5.41) is 8.93. The van der Waals surface area contributed by atoms with Gasteiger partial charge in [-0.25, -0.2) is 4.98 Å². The number of likely N-dealkylation sites (tertiary alicyclic amines) is 1. The van der Waals surface area contributed by atoms with Gasteiger partial charge in [0.1, 0.15) is 5.82 Å². The topological polar surface area (TPSA) is 68.8 Å². The Morgan fingerprint density at radius 1 is 1.21 bits per heavy atom. The van der Waals surface area contributed by atoms with Gasteiger partial charge in [0, 0.05) is 44.7 Å². The summed E-state index contributed by atoms with van der Waals surface area (Å²) >= 11 is 0. The van der Waals surface area contributed by atoms with Crippen molar-refractivity contribution in [2.45, 2.75) is 51.5 Å². The van der Waals surface area contributed by atoms with E-state index < -0.39 is 0 Å². The van der Waals surface area contributed by atoms with Crippen LogP contribution in [0.1, 0.15) is 54.1 Å². The zero-order valence-corrected chi connectivity index (χ0v) is 14.6. The second kappa shape index (κ2) is 5.72. The lowest BCUT2D eigenvalue weighted by Gasteiger charge is -2.38. The molecule has 1 saturated heterocycles. The van der Waals surface area contributed by atoms with E-state index in [2.05, 4.69) is 10.2 Å². The van der Waals surface area contributed by atoms with Crippen LogP contribution in [0.4, 0.5) is 0 Å². The molecule has 1 saturated carbocycles. The lowest BCUT2D eigenvalue weighted by Crippen LogP contribution is -2.49. The molecular weight excluding hydrogens is 304 g/mol. The molecule has 1 aliphatic heterocycles. The lowest BCUT2D eigenvalue weighted by atomic mass is 9.98. The highest BCUT2D eigenvalue weighted by Gasteiger charge is 2.36. The van der Waals surface area contributed by atoms with Gasteiger partial charge in [-0.1, -0.05) is 0 Å². The number of rotatable bonds is 5. The van der Waals surface area contributed by atoms with E-state index >= 15 is 0 Å². The highest BCUT2D eigenvalue weighted by molar-refractivity contribution is 5.77. The van der Waals surface area contributed by atoms with Crippen molar-refractivity contribution in [2.24, 2.45) is 7.05 Å². The fourth-order valence-electron chi connectivity index (χ4n) is 3.39. The minimum atomic E-state index is 0.198. The van der Waals surface area contributed by atoms with Gasteiger partial charge in [-0.3, -0.25) is 14.2 Å². The van der Waals surface area contributed by atoms with Crippen molar-refractivity contribution in [1.29, 1.82) is 0 Å². The van der Waals surface area contributed by atoms with Gasteiger partial charge < -0.3 is 4.90 Å². The minimum Gasteiger partial charge on any atom is -0.341 e. The molecule has 24 heavy (non-hydrogen) atoms. The highest BCUT2D eigenvalue weighted by atomic mass is 16.2. The first-order valence-corrected chi connectivity index (χ1v) is 8.71. The Kier molecular flexibility index (Phi) is 3.66. The number of amides is 1. The van der Waals surface area contributed by atoms with E-state index in [-0.39, 0.29) is 5.91 Å². The quantitative estimate of drug-likeness (QED) is 0.834. The van der Waals surface area contributed by atoms with Crippen molar-refractivity contribution < 1.29 is 4.79 Å². The number of hydrogen-bond donors (Lipinski definition) is 0. The average Bonchev–Trinajstić information content (AvgIpc) is 3.19. The van der Waals surface area contributed by atoms with Gasteiger partial charge in [0.15, 0.2) is 5.82 Å². The number of carbonyl (C=O) groups excluding carboxylic acids is 1. The lowest BCUT2D eigenvalue weighted by molar-refractivity contribution is -0.136. The third kappa shape index (κ3) is 2.83. The van der Waals surface area contributed by atoms with Crippen LogP contribution < -0.4 is 0 Å². The molecule has 2 aromatic rings. The molecule has 0 atom stereocenters. The van der Waals surface area contributed by atoms with Crippen LogP contribution in [-0.4, -0.2) is 48.4 Å². The van der Waals surface area contributed by atoms with Gasteiger partial charge in [0.25, 0.3) is 0 Å². The monoisotopic (exact) mass is 328 g/mol. The summed E-state index contributed by atoms with van der Waals surface area (Å²) in [6.45, 7) is 6.16. The third-order valence-corrected chi connectivity index (χ3v) is 5.00. The molecule has 1 amide bonds. The number of aromatic nitrogens is 5. The molecule has 2 aliphatic rings. The summed E-state index contributed by atoms with van der Waals surface area (Å²) in [5.74, 6) is 3.11. The van der Waals surface area contributed by atoms with Crippen LogP contribution in [0, 0.1) is 13.8 Å². The van der Waals surface area contributed by atoms with E-state index in [1.165, 1.54) is 12.8 Å². The van der Waals surface area contributed by atoms with Crippen molar-refractivity contribution in [1.82, 2.24) is 29.4 Å². The van der Waals surface area contributed by atoms with E-state index in [0.717, 1.165) is 36.1 Å². The molecule has 2 fully saturated rings. The van der Waals surface area contributed by atoms with Crippen molar-refractivity contribution in [2.75, 3.05) is 13.1 Å². The molecule has 3 heterocycles. The predicted molar refractivity (Wildman–Crippen MR) is 88.6 cm³/mol. The highest BCUT2D eigenvalue weighted by Crippen LogP contribution is 2.39. The van der Waals surface area contributed by atoms with Crippen LogP contribution in [0.3, 0.4) is 0 Å². The first-order valence-electron chi connectivity index (χ1n) is 8.71. The Labute approximate surface area is 141 Å². The van der Waals surface area contributed by atoms with E-state index in [9.17, 15) is 4.79 Å². The first kappa shape index (κ1) is 15.4. The maximum absolute atomic E-state index is 12.3. The van der Waals surface area contributed by atoms with Crippen molar-refractivity contribution in [3.05, 3.63) is 29.1 Å². The molecule has 4 rings (SSSR count). The molecule has 0 unspecified atom stereocenters. The maximum Gasteiger partial charge on any atom is 0.224 e. The van der Waals surface area contributed by atoms with Crippen LogP contribution in [-0.2, 0) is 18.4 Å². The fraction of sp³-hybridized carbons (Fsp3) is 0.647. The van der Waals surface area contributed by atoms with E-state index in [1.54, 1.807) is 0 Å². The molecule has 0 spiro atoms. The van der Waals surface area contributed by atoms with E-state index in [4.69, 9.17) is 4.98 Å². The zero-order valence-electron chi connectivity index (χ0n) is 14.6. The summed E-state index contributed by atoms with van der Waals surface area (Å²) in [4.78, 5) is 19.0. The van der Waals surface area contributed by atoms with E-state index in [1.807, 2.05) is 41.2 Å². The predicted octanol–water partition coefficient (Wildman–Crippen LogP) is 1.52. The van der Waals surface area contributed by atoms with Gasteiger partial charge >= 0.3 is 0 Å².